The van der Waals surface area contributed by atoms with Crippen LogP contribution in [0.3, 0.4) is 0 Å². The number of ketones is 1. The van der Waals surface area contributed by atoms with Crippen molar-refractivity contribution in [3.63, 3.8) is 0 Å². The van der Waals surface area contributed by atoms with Gasteiger partial charge in [0.2, 0.25) is 0 Å². The highest BCUT2D eigenvalue weighted by molar-refractivity contribution is 6.33. The first-order chi connectivity index (χ1) is 9.70. The maximum absolute atomic E-state index is 12.7. The molecule has 0 fully saturated rings. The fourth-order valence-electron chi connectivity index (χ4n) is 2.93. The number of hydrogen-bond donors (Lipinski definition) is 0. The maximum atomic E-state index is 12.7. The van der Waals surface area contributed by atoms with E-state index in [1.165, 1.54) is 11.1 Å². The maximum Gasteiger partial charge on any atom is 0.186 e. The molecule has 1 aliphatic carbocycles. The first kappa shape index (κ1) is 13.4. The molecule has 0 bridgehead atoms. The number of carbonyl (C=O) groups excluding carboxylic acids is 1. The number of carbonyl (C=O) groups is 1. The molecule has 1 aromatic heterocycles. The standard InChI is InChI=1S/C16H17ClN2O/c1-2-7-19-15(14(17)10-18-19)16(20)13-8-11-5-3-4-6-12(11)9-13/h3-6,10,13H,2,7-9H2,1H3. The summed E-state index contributed by atoms with van der Waals surface area (Å²) in [6.45, 7) is 2.79. The van der Waals surface area contributed by atoms with Crippen LogP contribution in [0.4, 0.5) is 0 Å². The van der Waals surface area contributed by atoms with E-state index in [1.54, 1.807) is 10.9 Å². The molecule has 0 saturated carbocycles. The Balaban J connectivity index is 1.86. The zero-order valence-corrected chi connectivity index (χ0v) is 12.2. The van der Waals surface area contributed by atoms with E-state index in [-0.39, 0.29) is 11.7 Å². The fourth-order valence-corrected chi connectivity index (χ4v) is 3.16. The van der Waals surface area contributed by atoms with Crippen LogP contribution in [0.15, 0.2) is 30.5 Å². The number of halogens is 1. The van der Waals surface area contributed by atoms with Crippen molar-refractivity contribution >= 4 is 17.4 Å². The van der Waals surface area contributed by atoms with Crippen LogP contribution in [0, 0.1) is 5.92 Å². The molecule has 0 aliphatic heterocycles. The molecule has 1 aromatic carbocycles. The lowest BCUT2D eigenvalue weighted by molar-refractivity contribution is 0.0913. The normalized spacial score (nSPS) is 14.5. The molecule has 2 aromatic rings. The number of fused-ring (bicyclic) bond motifs is 1. The zero-order valence-electron chi connectivity index (χ0n) is 11.5. The van der Waals surface area contributed by atoms with Gasteiger partial charge < -0.3 is 0 Å². The van der Waals surface area contributed by atoms with Gasteiger partial charge in [-0.1, -0.05) is 42.8 Å². The second-order valence-electron chi connectivity index (χ2n) is 5.30. The number of nitrogens with zero attached hydrogens (tertiary/aromatic N) is 2. The summed E-state index contributed by atoms with van der Waals surface area (Å²) in [7, 11) is 0. The Hall–Kier alpha value is -1.61. The summed E-state index contributed by atoms with van der Waals surface area (Å²) < 4.78 is 1.74. The van der Waals surface area contributed by atoms with Gasteiger partial charge in [0.25, 0.3) is 0 Å². The van der Waals surface area contributed by atoms with E-state index >= 15 is 0 Å². The van der Waals surface area contributed by atoms with Crippen LogP contribution in [0.5, 0.6) is 0 Å². The van der Waals surface area contributed by atoms with Crippen molar-refractivity contribution in [2.24, 2.45) is 5.92 Å². The van der Waals surface area contributed by atoms with Gasteiger partial charge in [-0.05, 0) is 30.4 Å². The van der Waals surface area contributed by atoms with Crippen LogP contribution < -0.4 is 0 Å². The van der Waals surface area contributed by atoms with Crippen LogP contribution in [0.25, 0.3) is 0 Å². The highest BCUT2D eigenvalue weighted by atomic mass is 35.5. The van der Waals surface area contributed by atoms with E-state index in [4.69, 9.17) is 11.6 Å². The predicted molar refractivity (Wildman–Crippen MR) is 79.2 cm³/mol. The number of aromatic nitrogens is 2. The summed E-state index contributed by atoms with van der Waals surface area (Å²) in [5, 5.41) is 4.68. The summed E-state index contributed by atoms with van der Waals surface area (Å²) in [5.74, 6) is 0.120. The van der Waals surface area contributed by atoms with E-state index in [0.29, 0.717) is 10.7 Å². The first-order valence-electron chi connectivity index (χ1n) is 7.03. The topological polar surface area (TPSA) is 34.9 Å². The van der Waals surface area contributed by atoms with E-state index in [1.807, 2.05) is 12.1 Å². The lowest BCUT2D eigenvalue weighted by Gasteiger charge is -2.10. The number of aryl methyl sites for hydroxylation is 1. The summed E-state index contributed by atoms with van der Waals surface area (Å²) in [6, 6.07) is 8.27. The molecule has 20 heavy (non-hydrogen) atoms. The molecule has 1 heterocycles. The highest BCUT2D eigenvalue weighted by Crippen LogP contribution is 2.30. The Bertz CT molecular complexity index is 623. The number of Topliss-reactive ketones (excluding diaryl/α,β-unsaturated/α-hetero) is 1. The van der Waals surface area contributed by atoms with Gasteiger partial charge in [0.1, 0.15) is 5.69 Å². The molecule has 0 saturated heterocycles. The molecular weight excluding hydrogens is 272 g/mol. The van der Waals surface area contributed by atoms with E-state index < -0.39 is 0 Å². The molecule has 0 radical (unpaired) electrons. The van der Waals surface area contributed by atoms with E-state index in [9.17, 15) is 4.79 Å². The molecule has 0 amide bonds. The first-order valence-corrected chi connectivity index (χ1v) is 7.40. The average molecular weight is 289 g/mol. The average Bonchev–Trinajstić information content (AvgIpc) is 3.02. The summed E-state index contributed by atoms with van der Waals surface area (Å²) >= 11 is 6.16. The predicted octanol–water partition coefficient (Wildman–Crippen LogP) is 3.54. The highest BCUT2D eigenvalue weighted by Gasteiger charge is 2.31. The van der Waals surface area contributed by atoms with Crippen molar-refractivity contribution in [1.29, 1.82) is 0 Å². The number of hydrogen-bond acceptors (Lipinski definition) is 2. The summed E-state index contributed by atoms with van der Waals surface area (Å²) in [6.07, 6.45) is 4.13. The number of rotatable bonds is 4. The van der Waals surface area contributed by atoms with Crippen molar-refractivity contribution in [3.05, 3.63) is 52.3 Å². The molecule has 3 rings (SSSR count). The van der Waals surface area contributed by atoms with Gasteiger partial charge in [-0.2, -0.15) is 5.10 Å². The quantitative estimate of drug-likeness (QED) is 0.807. The summed E-state index contributed by atoms with van der Waals surface area (Å²) in [4.78, 5) is 12.7. The van der Waals surface area contributed by atoms with Gasteiger partial charge in [0, 0.05) is 12.5 Å². The smallest absolute Gasteiger partial charge is 0.186 e. The van der Waals surface area contributed by atoms with E-state index in [0.717, 1.165) is 25.8 Å². The lowest BCUT2D eigenvalue weighted by atomic mass is 9.98. The minimum Gasteiger partial charge on any atom is -0.292 e. The molecule has 0 atom stereocenters. The fraction of sp³-hybridized carbons (Fsp3) is 0.375. The third-order valence-corrected chi connectivity index (χ3v) is 4.16. The molecular formula is C16H17ClN2O. The molecule has 0 N–H and O–H groups in total. The van der Waals surface area contributed by atoms with Crippen LogP contribution in [-0.4, -0.2) is 15.6 Å². The van der Waals surface area contributed by atoms with Crippen molar-refractivity contribution in [2.75, 3.05) is 0 Å². The van der Waals surface area contributed by atoms with Crippen molar-refractivity contribution in [2.45, 2.75) is 32.7 Å². The van der Waals surface area contributed by atoms with Gasteiger partial charge in [-0.3, -0.25) is 9.48 Å². The Morgan fingerprint density at radius 1 is 1.35 bits per heavy atom. The zero-order chi connectivity index (χ0) is 14.1. The van der Waals surface area contributed by atoms with Crippen LogP contribution in [-0.2, 0) is 19.4 Å². The van der Waals surface area contributed by atoms with Gasteiger partial charge in [0.05, 0.1) is 11.2 Å². The SMILES string of the molecule is CCCn1ncc(Cl)c1C(=O)C1Cc2ccccc2C1. The van der Waals surface area contributed by atoms with Crippen LogP contribution in [0.1, 0.15) is 35.0 Å². The van der Waals surface area contributed by atoms with Gasteiger partial charge >= 0.3 is 0 Å². The van der Waals surface area contributed by atoms with Gasteiger partial charge in [-0.15, -0.1) is 0 Å². The monoisotopic (exact) mass is 288 g/mol. The van der Waals surface area contributed by atoms with Gasteiger partial charge in [0.15, 0.2) is 5.78 Å². The molecule has 3 nitrogen and oxygen atoms in total. The minimum absolute atomic E-state index is 0.00259. The third-order valence-electron chi connectivity index (χ3n) is 3.89. The lowest BCUT2D eigenvalue weighted by Crippen LogP contribution is -2.20. The molecule has 0 unspecified atom stereocenters. The van der Waals surface area contributed by atoms with Crippen LogP contribution in [0.2, 0.25) is 5.02 Å². The molecule has 1 aliphatic rings. The van der Waals surface area contributed by atoms with Gasteiger partial charge in [-0.25, -0.2) is 0 Å². The Morgan fingerprint density at radius 2 is 2.00 bits per heavy atom. The second kappa shape index (κ2) is 5.41. The number of benzene rings is 1. The van der Waals surface area contributed by atoms with Crippen molar-refractivity contribution in [1.82, 2.24) is 9.78 Å². The summed E-state index contributed by atoms with van der Waals surface area (Å²) in [5.41, 5.74) is 3.14. The Labute approximate surface area is 123 Å². The Morgan fingerprint density at radius 3 is 2.60 bits per heavy atom. The van der Waals surface area contributed by atoms with Crippen molar-refractivity contribution in [3.8, 4) is 0 Å². The molecule has 4 heteroatoms. The largest absolute Gasteiger partial charge is 0.292 e. The molecule has 104 valence electrons. The third kappa shape index (κ3) is 2.27. The van der Waals surface area contributed by atoms with Crippen molar-refractivity contribution < 1.29 is 4.79 Å². The minimum atomic E-state index is -0.00259. The molecule has 0 spiro atoms. The second-order valence-corrected chi connectivity index (χ2v) is 5.71. The van der Waals surface area contributed by atoms with Crippen LogP contribution >= 0.6 is 11.6 Å². The Kier molecular flexibility index (Phi) is 3.62. The van der Waals surface area contributed by atoms with E-state index in [2.05, 4.69) is 24.2 Å².